The van der Waals surface area contributed by atoms with Gasteiger partial charge in [-0.25, -0.2) is 0 Å². The second-order valence-electron chi connectivity index (χ2n) is 4.70. The molecule has 0 fully saturated rings. The number of ether oxygens (including phenoxy) is 3. The van der Waals surface area contributed by atoms with Gasteiger partial charge in [-0.2, -0.15) is 0 Å². The molecule has 0 saturated heterocycles. The Morgan fingerprint density at radius 2 is 1.62 bits per heavy atom. The van der Waals surface area contributed by atoms with Crippen LogP contribution in [0.2, 0.25) is 0 Å². The van der Waals surface area contributed by atoms with Gasteiger partial charge in [-0.05, 0) is 12.1 Å². The third-order valence-electron chi connectivity index (χ3n) is 3.25. The molecular formula is C16H16N2O6. The molecule has 0 radical (unpaired) electrons. The summed E-state index contributed by atoms with van der Waals surface area (Å²) in [6.07, 6.45) is 0. The van der Waals surface area contributed by atoms with E-state index < -0.39 is 10.8 Å². The van der Waals surface area contributed by atoms with Crippen molar-refractivity contribution in [3.8, 4) is 17.2 Å². The van der Waals surface area contributed by atoms with E-state index in [4.69, 9.17) is 14.2 Å². The second-order valence-corrected chi connectivity index (χ2v) is 4.70. The van der Waals surface area contributed by atoms with Crippen molar-refractivity contribution >= 4 is 17.3 Å². The summed E-state index contributed by atoms with van der Waals surface area (Å²) >= 11 is 0. The number of nitrogens with zero attached hydrogens (tertiary/aromatic N) is 1. The molecule has 126 valence electrons. The summed E-state index contributed by atoms with van der Waals surface area (Å²) in [6, 6.07) is 8.86. The maximum atomic E-state index is 12.3. The van der Waals surface area contributed by atoms with Gasteiger partial charge in [0, 0.05) is 35.5 Å². The number of hydrogen-bond acceptors (Lipinski definition) is 6. The molecule has 0 unspecified atom stereocenters. The molecule has 2 aromatic carbocycles. The maximum Gasteiger partial charge on any atom is 0.311 e. The first-order chi connectivity index (χ1) is 11.5. The number of nitrogens with one attached hydrogen (secondary N) is 1. The van der Waals surface area contributed by atoms with Crippen LogP contribution in [0.5, 0.6) is 17.2 Å². The number of methoxy groups -OCH3 is 3. The Labute approximate surface area is 138 Å². The smallest absolute Gasteiger partial charge is 0.311 e. The number of rotatable bonds is 6. The Morgan fingerprint density at radius 1 is 1.00 bits per heavy atom. The van der Waals surface area contributed by atoms with Gasteiger partial charge in [0.2, 0.25) is 0 Å². The largest absolute Gasteiger partial charge is 0.497 e. The molecule has 8 heteroatoms. The number of benzene rings is 2. The Kier molecular flexibility index (Phi) is 5.20. The van der Waals surface area contributed by atoms with Crippen LogP contribution in [0.25, 0.3) is 0 Å². The van der Waals surface area contributed by atoms with Gasteiger partial charge < -0.3 is 19.5 Å². The molecule has 24 heavy (non-hydrogen) atoms. The van der Waals surface area contributed by atoms with Crippen LogP contribution in [-0.4, -0.2) is 32.2 Å². The molecular weight excluding hydrogens is 316 g/mol. The number of amides is 1. The molecule has 0 aliphatic carbocycles. The van der Waals surface area contributed by atoms with Crippen LogP contribution in [0, 0.1) is 10.1 Å². The van der Waals surface area contributed by atoms with E-state index in [2.05, 4.69) is 5.32 Å². The molecule has 0 aromatic heterocycles. The number of carbonyl (C=O) groups excluding carboxylic acids is 1. The van der Waals surface area contributed by atoms with Crippen molar-refractivity contribution in [3.63, 3.8) is 0 Å². The van der Waals surface area contributed by atoms with Gasteiger partial charge >= 0.3 is 5.69 Å². The molecule has 1 amide bonds. The third kappa shape index (κ3) is 3.72. The Bertz CT molecular complexity index is 753. The van der Waals surface area contributed by atoms with Crippen LogP contribution in [0.4, 0.5) is 11.4 Å². The molecule has 0 atom stereocenters. The van der Waals surface area contributed by atoms with E-state index in [1.165, 1.54) is 33.5 Å². The molecule has 0 aliphatic heterocycles. The molecule has 0 bridgehead atoms. The zero-order chi connectivity index (χ0) is 17.7. The zero-order valence-corrected chi connectivity index (χ0v) is 13.4. The van der Waals surface area contributed by atoms with Crippen molar-refractivity contribution < 1.29 is 23.9 Å². The Morgan fingerprint density at radius 3 is 2.12 bits per heavy atom. The van der Waals surface area contributed by atoms with Gasteiger partial charge in [0.05, 0.1) is 26.3 Å². The van der Waals surface area contributed by atoms with Crippen molar-refractivity contribution in [1.29, 1.82) is 0 Å². The monoisotopic (exact) mass is 332 g/mol. The average Bonchev–Trinajstić information content (AvgIpc) is 2.60. The lowest BCUT2D eigenvalue weighted by atomic mass is 10.1. The van der Waals surface area contributed by atoms with Gasteiger partial charge in [-0.15, -0.1) is 0 Å². The maximum absolute atomic E-state index is 12.3. The normalized spacial score (nSPS) is 9.96. The van der Waals surface area contributed by atoms with Crippen molar-refractivity contribution in [3.05, 3.63) is 52.1 Å². The van der Waals surface area contributed by atoms with E-state index in [1.54, 1.807) is 18.2 Å². The highest BCUT2D eigenvalue weighted by atomic mass is 16.6. The lowest BCUT2D eigenvalue weighted by Gasteiger charge is -2.10. The Hall–Kier alpha value is -3.29. The second kappa shape index (κ2) is 7.32. The minimum Gasteiger partial charge on any atom is -0.497 e. The first-order valence-electron chi connectivity index (χ1n) is 6.85. The van der Waals surface area contributed by atoms with Crippen LogP contribution in [0.3, 0.4) is 0 Å². The van der Waals surface area contributed by atoms with Crippen LogP contribution in [0.15, 0.2) is 36.4 Å². The van der Waals surface area contributed by atoms with E-state index in [-0.39, 0.29) is 17.0 Å². The highest BCUT2D eigenvalue weighted by molar-refractivity contribution is 6.05. The standard InChI is InChI=1S/C16H16N2O6/c1-22-12-7-11(8-13(9-12)23-2)17-16(19)10-4-5-15(24-3)14(6-10)18(20)21/h4-9H,1-3H3,(H,17,19). The molecule has 1 N–H and O–H groups in total. The summed E-state index contributed by atoms with van der Waals surface area (Å²) < 4.78 is 15.2. The van der Waals surface area contributed by atoms with E-state index >= 15 is 0 Å². The predicted molar refractivity (Wildman–Crippen MR) is 87.1 cm³/mol. The quantitative estimate of drug-likeness (QED) is 0.645. The van der Waals surface area contributed by atoms with E-state index in [0.29, 0.717) is 17.2 Å². The molecule has 2 rings (SSSR count). The summed E-state index contributed by atoms with van der Waals surface area (Å²) in [4.78, 5) is 22.8. The first kappa shape index (κ1) is 17.1. The van der Waals surface area contributed by atoms with Gasteiger partial charge in [0.15, 0.2) is 5.75 Å². The fourth-order valence-electron chi connectivity index (χ4n) is 2.06. The number of hydrogen-bond donors (Lipinski definition) is 1. The predicted octanol–water partition coefficient (Wildman–Crippen LogP) is 2.87. The number of nitro groups is 1. The fourth-order valence-corrected chi connectivity index (χ4v) is 2.06. The minimum atomic E-state index is -0.607. The molecule has 0 spiro atoms. The molecule has 0 saturated carbocycles. The number of anilines is 1. The van der Waals surface area contributed by atoms with Crippen LogP contribution in [-0.2, 0) is 0 Å². The van der Waals surface area contributed by atoms with Gasteiger partial charge in [0.25, 0.3) is 5.91 Å². The molecule has 0 aliphatic rings. The van der Waals surface area contributed by atoms with Gasteiger partial charge in [0.1, 0.15) is 11.5 Å². The average molecular weight is 332 g/mol. The fraction of sp³-hybridized carbons (Fsp3) is 0.188. The van der Waals surface area contributed by atoms with Crippen molar-refractivity contribution in [1.82, 2.24) is 0 Å². The minimum absolute atomic E-state index is 0.0830. The number of carbonyl (C=O) groups is 1. The topological polar surface area (TPSA) is 99.9 Å². The van der Waals surface area contributed by atoms with E-state index in [1.807, 2.05) is 0 Å². The summed E-state index contributed by atoms with van der Waals surface area (Å²) in [5.41, 5.74) is 0.285. The highest BCUT2D eigenvalue weighted by Crippen LogP contribution is 2.29. The molecule has 2 aromatic rings. The lowest BCUT2D eigenvalue weighted by molar-refractivity contribution is -0.385. The first-order valence-corrected chi connectivity index (χ1v) is 6.85. The summed E-state index contributed by atoms with van der Waals surface area (Å²) in [5, 5.41) is 13.7. The van der Waals surface area contributed by atoms with Crippen molar-refractivity contribution in [2.24, 2.45) is 0 Å². The number of nitro benzene ring substituents is 1. The van der Waals surface area contributed by atoms with E-state index in [9.17, 15) is 14.9 Å². The van der Waals surface area contributed by atoms with Gasteiger partial charge in [-0.3, -0.25) is 14.9 Å². The van der Waals surface area contributed by atoms with Crippen molar-refractivity contribution in [2.75, 3.05) is 26.6 Å². The highest BCUT2D eigenvalue weighted by Gasteiger charge is 2.18. The third-order valence-corrected chi connectivity index (χ3v) is 3.25. The van der Waals surface area contributed by atoms with E-state index in [0.717, 1.165) is 6.07 Å². The van der Waals surface area contributed by atoms with Crippen molar-refractivity contribution in [2.45, 2.75) is 0 Å². The van der Waals surface area contributed by atoms with Crippen LogP contribution in [0.1, 0.15) is 10.4 Å². The molecule has 8 nitrogen and oxygen atoms in total. The Balaban J connectivity index is 2.30. The zero-order valence-electron chi connectivity index (χ0n) is 13.4. The van der Waals surface area contributed by atoms with Gasteiger partial charge in [-0.1, -0.05) is 0 Å². The molecule has 0 heterocycles. The summed E-state index contributed by atoms with van der Waals surface area (Å²) in [6.45, 7) is 0. The summed E-state index contributed by atoms with van der Waals surface area (Å²) in [7, 11) is 4.31. The SMILES string of the molecule is COc1cc(NC(=O)c2ccc(OC)c([N+](=O)[O-])c2)cc(OC)c1. The van der Waals surface area contributed by atoms with Crippen LogP contribution >= 0.6 is 0 Å². The summed E-state index contributed by atoms with van der Waals surface area (Å²) in [5.74, 6) is 0.589. The lowest BCUT2D eigenvalue weighted by Crippen LogP contribution is -2.12. The van der Waals surface area contributed by atoms with Crippen LogP contribution < -0.4 is 19.5 Å².